The zero-order valence-corrected chi connectivity index (χ0v) is 14.6. The third kappa shape index (κ3) is 3.40. The first-order valence-electron chi connectivity index (χ1n) is 7.88. The maximum atomic E-state index is 13.2. The lowest BCUT2D eigenvalue weighted by Crippen LogP contribution is -2.45. The first-order chi connectivity index (χ1) is 11.6. The van der Waals surface area contributed by atoms with Crippen molar-refractivity contribution in [1.82, 2.24) is 5.43 Å². The highest BCUT2D eigenvalue weighted by molar-refractivity contribution is 7.10. The number of amides is 1. The van der Waals surface area contributed by atoms with E-state index in [9.17, 15) is 9.59 Å². The SMILES string of the molecule is CC(=O)CNN(C(=O)c1csc2c1CCOC2)c1ccccc1C. The molecule has 5 nitrogen and oxygen atoms in total. The molecule has 0 radical (unpaired) electrons. The maximum absolute atomic E-state index is 13.2. The average Bonchev–Trinajstić information content (AvgIpc) is 3.00. The number of rotatable bonds is 5. The molecule has 1 N–H and O–H groups in total. The lowest BCUT2D eigenvalue weighted by molar-refractivity contribution is -0.116. The van der Waals surface area contributed by atoms with Gasteiger partial charge in [0.05, 0.1) is 31.0 Å². The Bertz CT molecular complexity index is 769. The molecule has 6 heteroatoms. The molecule has 1 aliphatic rings. The minimum absolute atomic E-state index is 0.0258. The molecule has 0 spiro atoms. The first-order valence-corrected chi connectivity index (χ1v) is 8.76. The number of thiophene rings is 1. The average molecular weight is 344 g/mol. The summed E-state index contributed by atoms with van der Waals surface area (Å²) in [6.45, 7) is 4.75. The number of fused-ring (bicyclic) bond motifs is 1. The molecule has 0 atom stereocenters. The number of carbonyl (C=O) groups is 2. The first kappa shape index (κ1) is 16.8. The summed E-state index contributed by atoms with van der Waals surface area (Å²) in [6, 6.07) is 7.63. The lowest BCUT2D eigenvalue weighted by Gasteiger charge is -2.25. The Labute approximate surface area is 145 Å². The Kier molecular flexibility index (Phi) is 5.08. The number of ketones is 1. The predicted octanol–water partition coefficient (Wildman–Crippen LogP) is 2.87. The number of hydrogen-bond acceptors (Lipinski definition) is 5. The smallest absolute Gasteiger partial charge is 0.273 e. The quantitative estimate of drug-likeness (QED) is 0.848. The van der Waals surface area contributed by atoms with Crippen molar-refractivity contribution in [2.75, 3.05) is 18.2 Å². The second kappa shape index (κ2) is 7.25. The summed E-state index contributed by atoms with van der Waals surface area (Å²) >= 11 is 1.55. The number of Topliss-reactive ketones (excluding diaryl/α,β-unsaturated/α-hetero) is 1. The highest BCUT2D eigenvalue weighted by atomic mass is 32.1. The molecular formula is C18H20N2O3S. The molecule has 0 bridgehead atoms. The van der Waals surface area contributed by atoms with Crippen molar-refractivity contribution in [3.05, 3.63) is 51.2 Å². The van der Waals surface area contributed by atoms with Crippen molar-refractivity contribution in [1.29, 1.82) is 0 Å². The number of para-hydroxylation sites is 1. The highest BCUT2D eigenvalue weighted by Gasteiger charge is 2.26. The summed E-state index contributed by atoms with van der Waals surface area (Å²) in [7, 11) is 0. The van der Waals surface area contributed by atoms with Gasteiger partial charge in [-0.05, 0) is 37.5 Å². The fraction of sp³-hybridized carbons (Fsp3) is 0.333. The summed E-state index contributed by atoms with van der Waals surface area (Å²) in [5, 5.41) is 3.39. The van der Waals surface area contributed by atoms with Crippen LogP contribution in [0.3, 0.4) is 0 Å². The highest BCUT2D eigenvalue weighted by Crippen LogP contribution is 2.29. The number of aryl methyl sites for hydroxylation is 1. The van der Waals surface area contributed by atoms with Crippen LogP contribution >= 0.6 is 11.3 Å². The van der Waals surface area contributed by atoms with Crippen LogP contribution in [0.1, 0.15) is 33.3 Å². The largest absolute Gasteiger partial charge is 0.376 e. The van der Waals surface area contributed by atoms with Crippen LogP contribution in [0.2, 0.25) is 0 Å². The van der Waals surface area contributed by atoms with Crippen LogP contribution in [0.4, 0.5) is 5.69 Å². The van der Waals surface area contributed by atoms with E-state index in [2.05, 4.69) is 5.43 Å². The molecule has 1 aromatic carbocycles. The van der Waals surface area contributed by atoms with Gasteiger partial charge >= 0.3 is 0 Å². The molecule has 1 aliphatic heterocycles. The van der Waals surface area contributed by atoms with E-state index in [0.29, 0.717) is 18.8 Å². The van der Waals surface area contributed by atoms with Gasteiger partial charge in [0, 0.05) is 10.3 Å². The number of anilines is 1. The van der Waals surface area contributed by atoms with Gasteiger partial charge < -0.3 is 4.74 Å². The van der Waals surface area contributed by atoms with Gasteiger partial charge in [-0.1, -0.05) is 18.2 Å². The summed E-state index contributed by atoms with van der Waals surface area (Å²) in [4.78, 5) is 25.7. The molecular weight excluding hydrogens is 324 g/mol. The van der Waals surface area contributed by atoms with Crippen LogP contribution < -0.4 is 10.4 Å². The Morgan fingerprint density at radius 1 is 1.33 bits per heavy atom. The van der Waals surface area contributed by atoms with Gasteiger partial charge in [0.25, 0.3) is 5.91 Å². The second-order valence-electron chi connectivity index (χ2n) is 5.82. The lowest BCUT2D eigenvalue weighted by atomic mass is 10.1. The van der Waals surface area contributed by atoms with E-state index in [-0.39, 0.29) is 18.2 Å². The maximum Gasteiger partial charge on any atom is 0.273 e. The minimum Gasteiger partial charge on any atom is -0.376 e. The fourth-order valence-electron chi connectivity index (χ4n) is 2.73. The van der Waals surface area contributed by atoms with E-state index in [1.807, 2.05) is 36.6 Å². The van der Waals surface area contributed by atoms with E-state index in [4.69, 9.17) is 4.74 Å². The number of carbonyl (C=O) groups excluding carboxylic acids is 2. The Balaban J connectivity index is 1.96. The summed E-state index contributed by atoms with van der Waals surface area (Å²) < 4.78 is 5.46. The standard InChI is InChI=1S/C18H20N2O3S/c1-12-5-3-4-6-16(12)20(19-9-13(2)21)18(22)15-11-24-17-10-23-8-7-14(15)17/h3-6,11,19H,7-10H2,1-2H3. The molecule has 1 amide bonds. The molecule has 3 rings (SSSR count). The molecule has 24 heavy (non-hydrogen) atoms. The Morgan fingerprint density at radius 3 is 2.88 bits per heavy atom. The zero-order chi connectivity index (χ0) is 17.1. The van der Waals surface area contributed by atoms with Gasteiger partial charge in [-0.25, -0.2) is 10.4 Å². The van der Waals surface area contributed by atoms with Crippen molar-refractivity contribution in [3.63, 3.8) is 0 Å². The Morgan fingerprint density at radius 2 is 2.12 bits per heavy atom. The van der Waals surface area contributed by atoms with Crippen LogP contribution in [0.25, 0.3) is 0 Å². The predicted molar refractivity (Wildman–Crippen MR) is 94.4 cm³/mol. The minimum atomic E-state index is -0.134. The Hall–Kier alpha value is -2.02. The van der Waals surface area contributed by atoms with Gasteiger partial charge in [0.15, 0.2) is 0 Å². The summed E-state index contributed by atoms with van der Waals surface area (Å²) in [5.41, 5.74) is 6.47. The van der Waals surface area contributed by atoms with Crippen molar-refractivity contribution in [2.24, 2.45) is 0 Å². The number of nitrogens with one attached hydrogen (secondary N) is 1. The molecule has 0 saturated heterocycles. The number of ether oxygens (including phenoxy) is 1. The van der Waals surface area contributed by atoms with E-state index in [1.54, 1.807) is 11.3 Å². The molecule has 0 fully saturated rings. The van der Waals surface area contributed by atoms with Crippen LogP contribution in [0, 0.1) is 6.92 Å². The number of hydrogen-bond donors (Lipinski definition) is 1. The van der Waals surface area contributed by atoms with Crippen LogP contribution in [-0.4, -0.2) is 24.8 Å². The van der Waals surface area contributed by atoms with Gasteiger partial charge in [-0.15, -0.1) is 11.3 Å². The monoisotopic (exact) mass is 344 g/mol. The summed E-state index contributed by atoms with van der Waals surface area (Å²) in [6.07, 6.45) is 0.744. The normalized spacial score (nSPS) is 13.4. The van der Waals surface area contributed by atoms with Gasteiger partial charge in [-0.3, -0.25) is 9.59 Å². The summed E-state index contributed by atoms with van der Waals surface area (Å²) in [5.74, 6) is -0.160. The third-order valence-corrected chi connectivity index (χ3v) is 4.99. The number of benzene rings is 1. The fourth-order valence-corrected chi connectivity index (χ4v) is 3.74. The molecule has 126 valence electrons. The van der Waals surface area contributed by atoms with Crippen LogP contribution in [0.5, 0.6) is 0 Å². The van der Waals surface area contributed by atoms with Crippen molar-refractivity contribution < 1.29 is 14.3 Å². The number of nitrogens with zero attached hydrogens (tertiary/aromatic N) is 1. The van der Waals surface area contributed by atoms with Crippen molar-refractivity contribution >= 4 is 28.7 Å². The third-order valence-electron chi connectivity index (χ3n) is 3.99. The molecule has 2 aromatic rings. The molecule has 0 unspecified atom stereocenters. The van der Waals surface area contributed by atoms with E-state index in [1.165, 1.54) is 11.9 Å². The van der Waals surface area contributed by atoms with Crippen molar-refractivity contribution in [2.45, 2.75) is 26.9 Å². The van der Waals surface area contributed by atoms with Gasteiger partial charge in [0.2, 0.25) is 0 Å². The number of hydrazine groups is 1. The van der Waals surface area contributed by atoms with Gasteiger partial charge in [0.1, 0.15) is 5.78 Å². The van der Waals surface area contributed by atoms with E-state index < -0.39 is 0 Å². The van der Waals surface area contributed by atoms with Crippen LogP contribution in [-0.2, 0) is 22.6 Å². The topological polar surface area (TPSA) is 58.6 Å². The molecule has 2 heterocycles. The van der Waals surface area contributed by atoms with Crippen LogP contribution in [0.15, 0.2) is 29.6 Å². The van der Waals surface area contributed by atoms with Crippen molar-refractivity contribution in [3.8, 4) is 0 Å². The second-order valence-corrected chi connectivity index (χ2v) is 6.78. The molecule has 0 aliphatic carbocycles. The zero-order valence-electron chi connectivity index (χ0n) is 13.8. The molecule has 0 saturated carbocycles. The van der Waals surface area contributed by atoms with E-state index >= 15 is 0 Å². The van der Waals surface area contributed by atoms with E-state index in [0.717, 1.165) is 28.1 Å². The van der Waals surface area contributed by atoms with Gasteiger partial charge in [-0.2, -0.15) is 0 Å². The molecule has 1 aromatic heterocycles.